The van der Waals surface area contributed by atoms with Crippen LogP contribution in [0.15, 0.2) is 55.1 Å². The van der Waals surface area contributed by atoms with Crippen LogP contribution in [0.4, 0.5) is 0 Å². The molecule has 0 unspecified atom stereocenters. The van der Waals surface area contributed by atoms with Crippen LogP contribution < -0.4 is 4.74 Å². The van der Waals surface area contributed by atoms with E-state index in [4.69, 9.17) is 4.74 Å². The van der Waals surface area contributed by atoms with Crippen LogP contribution in [-0.4, -0.2) is 21.1 Å². The van der Waals surface area contributed by atoms with Crippen molar-refractivity contribution >= 4 is 0 Å². The zero-order chi connectivity index (χ0) is 13.4. The topological polar surface area (TPSA) is 39.9 Å². The molecule has 0 atom stereocenters. The van der Waals surface area contributed by atoms with Crippen LogP contribution in [0.2, 0.25) is 0 Å². The number of nitrogens with zero attached hydrogens (tertiary/aromatic N) is 3. The molecule has 3 heterocycles. The highest BCUT2D eigenvalue weighted by Gasteiger charge is 2.18. The Labute approximate surface area is 116 Å². The van der Waals surface area contributed by atoms with Crippen molar-refractivity contribution in [3.8, 4) is 22.8 Å². The highest BCUT2D eigenvalue weighted by Crippen LogP contribution is 2.32. The van der Waals surface area contributed by atoms with E-state index in [0.717, 1.165) is 35.9 Å². The van der Waals surface area contributed by atoms with Crippen molar-refractivity contribution < 1.29 is 4.74 Å². The Kier molecular flexibility index (Phi) is 2.52. The third-order valence-electron chi connectivity index (χ3n) is 3.56. The molecule has 3 aromatic rings. The van der Waals surface area contributed by atoms with E-state index in [-0.39, 0.29) is 0 Å². The monoisotopic (exact) mass is 263 g/mol. The van der Waals surface area contributed by atoms with Gasteiger partial charge in [0, 0.05) is 42.3 Å². The minimum absolute atomic E-state index is 0.756. The standard InChI is InChI=1S/C16H13N3O/c1-2-14(13-6-11-20-15(13)3-1)19-10-9-18-16(19)12-4-7-17-8-5-12/h1-5,7-10H,6,11H2. The fraction of sp³-hybridized carbons (Fsp3) is 0.125. The number of imidazole rings is 1. The minimum atomic E-state index is 0.756. The number of fused-ring (bicyclic) bond motifs is 1. The summed E-state index contributed by atoms with van der Waals surface area (Å²) in [6, 6.07) is 10.1. The van der Waals surface area contributed by atoms with E-state index < -0.39 is 0 Å². The van der Waals surface area contributed by atoms with Crippen molar-refractivity contribution in [3.05, 3.63) is 60.7 Å². The Balaban J connectivity index is 1.89. The molecule has 1 aliphatic rings. The van der Waals surface area contributed by atoms with Crippen molar-refractivity contribution in [3.63, 3.8) is 0 Å². The highest BCUT2D eigenvalue weighted by atomic mass is 16.5. The van der Waals surface area contributed by atoms with Crippen molar-refractivity contribution in [1.29, 1.82) is 0 Å². The van der Waals surface area contributed by atoms with E-state index >= 15 is 0 Å². The molecule has 0 saturated heterocycles. The fourth-order valence-electron chi connectivity index (χ4n) is 2.64. The van der Waals surface area contributed by atoms with Gasteiger partial charge in [0.2, 0.25) is 0 Å². The van der Waals surface area contributed by atoms with Crippen LogP contribution in [0.1, 0.15) is 5.56 Å². The Morgan fingerprint density at radius 1 is 1.05 bits per heavy atom. The maximum atomic E-state index is 5.64. The number of rotatable bonds is 2. The van der Waals surface area contributed by atoms with Gasteiger partial charge >= 0.3 is 0 Å². The van der Waals surface area contributed by atoms with E-state index in [1.54, 1.807) is 12.4 Å². The lowest BCUT2D eigenvalue weighted by atomic mass is 10.1. The highest BCUT2D eigenvalue weighted by molar-refractivity contribution is 5.61. The molecule has 0 saturated carbocycles. The Hall–Kier alpha value is -2.62. The third kappa shape index (κ3) is 1.69. The van der Waals surface area contributed by atoms with Gasteiger partial charge in [0.25, 0.3) is 0 Å². The summed E-state index contributed by atoms with van der Waals surface area (Å²) in [5.74, 6) is 1.91. The zero-order valence-corrected chi connectivity index (χ0v) is 10.9. The lowest BCUT2D eigenvalue weighted by molar-refractivity contribution is 0.357. The average molecular weight is 263 g/mol. The zero-order valence-electron chi connectivity index (χ0n) is 10.9. The van der Waals surface area contributed by atoms with E-state index in [1.807, 2.05) is 36.7 Å². The molecule has 2 aromatic heterocycles. The molecule has 4 heteroatoms. The van der Waals surface area contributed by atoms with Gasteiger partial charge in [-0.2, -0.15) is 0 Å². The molecule has 1 aliphatic heterocycles. The van der Waals surface area contributed by atoms with Gasteiger partial charge in [-0.05, 0) is 24.3 Å². The summed E-state index contributed by atoms with van der Waals surface area (Å²) in [5, 5.41) is 0. The normalized spacial score (nSPS) is 13.0. The number of benzene rings is 1. The number of hydrogen-bond donors (Lipinski definition) is 0. The lowest BCUT2D eigenvalue weighted by Gasteiger charge is -2.11. The average Bonchev–Trinajstić information content (AvgIpc) is 3.16. The molecule has 98 valence electrons. The molecule has 1 aromatic carbocycles. The summed E-state index contributed by atoms with van der Waals surface area (Å²) in [6.45, 7) is 0.756. The fourth-order valence-corrected chi connectivity index (χ4v) is 2.64. The van der Waals surface area contributed by atoms with E-state index in [0.29, 0.717) is 0 Å². The molecule has 4 nitrogen and oxygen atoms in total. The van der Waals surface area contributed by atoms with Crippen LogP contribution in [-0.2, 0) is 6.42 Å². The molecule has 0 fully saturated rings. The van der Waals surface area contributed by atoms with Crippen LogP contribution >= 0.6 is 0 Å². The first-order valence-electron chi connectivity index (χ1n) is 6.62. The van der Waals surface area contributed by atoms with Crippen LogP contribution in [0.25, 0.3) is 17.1 Å². The number of ether oxygens (including phenoxy) is 1. The summed E-state index contributed by atoms with van der Waals surface area (Å²) in [7, 11) is 0. The summed E-state index contributed by atoms with van der Waals surface area (Å²) in [6.07, 6.45) is 8.33. The van der Waals surface area contributed by atoms with Gasteiger partial charge < -0.3 is 4.74 Å². The van der Waals surface area contributed by atoms with Crippen molar-refractivity contribution in [1.82, 2.24) is 14.5 Å². The molecular weight excluding hydrogens is 250 g/mol. The van der Waals surface area contributed by atoms with Crippen LogP contribution in [0.3, 0.4) is 0 Å². The smallest absolute Gasteiger partial charge is 0.144 e. The maximum absolute atomic E-state index is 5.64. The summed E-state index contributed by atoms with van der Waals surface area (Å²) < 4.78 is 7.75. The first kappa shape index (κ1) is 11.2. The molecule has 0 amide bonds. The third-order valence-corrected chi connectivity index (χ3v) is 3.56. The van der Waals surface area contributed by atoms with Gasteiger partial charge in [0.1, 0.15) is 11.6 Å². The largest absolute Gasteiger partial charge is 0.493 e. The van der Waals surface area contributed by atoms with Crippen molar-refractivity contribution in [2.75, 3.05) is 6.61 Å². The van der Waals surface area contributed by atoms with E-state index in [1.165, 1.54) is 5.56 Å². The SMILES string of the molecule is c1cc2c(c(-n3ccnc3-c3ccncc3)c1)CCO2. The maximum Gasteiger partial charge on any atom is 0.144 e. The van der Waals surface area contributed by atoms with Gasteiger partial charge in [-0.15, -0.1) is 0 Å². The number of hydrogen-bond acceptors (Lipinski definition) is 3. The van der Waals surface area contributed by atoms with E-state index in [9.17, 15) is 0 Å². The minimum Gasteiger partial charge on any atom is -0.493 e. The molecule has 0 N–H and O–H groups in total. The van der Waals surface area contributed by atoms with Gasteiger partial charge in [-0.3, -0.25) is 9.55 Å². The van der Waals surface area contributed by atoms with Gasteiger partial charge in [-0.1, -0.05) is 6.07 Å². The van der Waals surface area contributed by atoms with Gasteiger partial charge in [0.15, 0.2) is 0 Å². The van der Waals surface area contributed by atoms with Crippen LogP contribution in [0, 0.1) is 0 Å². The molecule has 4 rings (SSSR count). The lowest BCUT2D eigenvalue weighted by Crippen LogP contribution is -1.99. The van der Waals surface area contributed by atoms with Crippen LogP contribution in [0.5, 0.6) is 5.75 Å². The Bertz CT molecular complexity index is 749. The second-order valence-electron chi connectivity index (χ2n) is 4.71. The number of aromatic nitrogens is 3. The van der Waals surface area contributed by atoms with Gasteiger partial charge in [-0.25, -0.2) is 4.98 Å². The van der Waals surface area contributed by atoms with Crippen molar-refractivity contribution in [2.24, 2.45) is 0 Å². The first-order valence-corrected chi connectivity index (χ1v) is 6.62. The summed E-state index contributed by atoms with van der Waals surface area (Å²) in [5.41, 5.74) is 3.45. The first-order chi connectivity index (χ1) is 9.93. The molecule has 0 aliphatic carbocycles. The number of pyridine rings is 1. The van der Waals surface area contributed by atoms with Crippen molar-refractivity contribution in [2.45, 2.75) is 6.42 Å². The second-order valence-corrected chi connectivity index (χ2v) is 4.71. The second kappa shape index (κ2) is 4.49. The molecular formula is C16H13N3O. The predicted molar refractivity (Wildman–Crippen MR) is 76.0 cm³/mol. The summed E-state index contributed by atoms with van der Waals surface area (Å²) >= 11 is 0. The summed E-state index contributed by atoms with van der Waals surface area (Å²) in [4.78, 5) is 8.54. The molecule has 0 bridgehead atoms. The Morgan fingerprint density at radius 3 is 2.85 bits per heavy atom. The predicted octanol–water partition coefficient (Wildman–Crippen LogP) is 2.87. The Morgan fingerprint density at radius 2 is 1.95 bits per heavy atom. The van der Waals surface area contributed by atoms with E-state index in [2.05, 4.69) is 20.6 Å². The molecule has 0 spiro atoms. The molecule has 20 heavy (non-hydrogen) atoms. The quantitative estimate of drug-likeness (QED) is 0.713. The van der Waals surface area contributed by atoms with Gasteiger partial charge in [0.05, 0.1) is 12.3 Å². The molecule has 0 radical (unpaired) electrons.